The number of aliphatic hydroxyl groups is 1. The number of anilines is 2. The molecule has 4 aromatic carbocycles. The highest BCUT2D eigenvalue weighted by Gasteiger charge is 2.71. The van der Waals surface area contributed by atoms with E-state index in [1.807, 2.05) is 0 Å². The molecule has 4 aromatic rings. The van der Waals surface area contributed by atoms with Crippen LogP contribution in [-0.2, 0) is 50.3 Å². The van der Waals surface area contributed by atoms with Crippen LogP contribution in [0.4, 0.5) is 37.7 Å². The Hall–Kier alpha value is -6.10. The van der Waals surface area contributed by atoms with Crippen LogP contribution in [-0.4, -0.2) is 39.6 Å². The van der Waals surface area contributed by atoms with E-state index in [9.17, 15) is 50.6 Å². The Morgan fingerprint density at radius 1 is 0.710 bits per heavy atom. The van der Waals surface area contributed by atoms with Crippen LogP contribution in [0.15, 0.2) is 72.8 Å². The van der Waals surface area contributed by atoms with Crippen molar-refractivity contribution >= 4 is 35.0 Å². The van der Waals surface area contributed by atoms with Crippen molar-refractivity contribution in [2.24, 2.45) is 11.8 Å². The fraction of sp³-hybridized carbons (Fsp3) is 0.462. The van der Waals surface area contributed by atoms with Gasteiger partial charge in [-0.3, -0.25) is 19.2 Å². The van der Waals surface area contributed by atoms with E-state index in [0.29, 0.717) is 52.1 Å². The van der Waals surface area contributed by atoms with Crippen LogP contribution >= 0.6 is 0 Å². The molecule has 366 valence electrons. The fourth-order valence-corrected chi connectivity index (χ4v) is 11.3. The number of alkyl halides is 6. The van der Waals surface area contributed by atoms with Crippen molar-refractivity contribution in [3.8, 4) is 11.5 Å². The molecule has 69 heavy (non-hydrogen) atoms. The zero-order valence-electron chi connectivity index (χ0n) is 37.6. The van der Waals surface area contributed by atoms with Crippen LogP contribution in [0.2, 0.25) is 0 Å². The Morgan fingerprint density at radius 2 is 1.26 bits per heavy atom. The first kappa shape index (κ1) is 47.9. The molecular formula is C52H52F6N2O9. The summed E-state index contributed by atoms with van der Waals surface area (Å²) in [5.41, 5.74) is -0.450. The van der Waals surface area contributed by atoms with Crippen molar-refractivity contribution in [2.45, 2.75) is 139 Å². The van der Waals surface area contributed by atoms with Gasteiger partial charge < -0.3 is 35.1 Å². The summed E-state index contributed by atoms with van der Waals surface area (Å²) in [7, 11) is 0. The number of nitrogens with one attached hydrogen (secondary N) is 2. The van der Waals surface area contributed by atoms with E-state index >= 15 is 0 Å². The number of halogens is 6. The van der Waals surface area contributed by atoms with Gasteiger partial charge in [0.1, 0.15) is 24.7 Å². The van der Waals surface area contributed by atoms with Crippen LogP contribution in [0.1, 0.15) is 151 Å². The third kappa shape index (κ3) is 9.63. The molecule has 3 heterocycles. The lowest BCUT2D eigenvalue weighted by Gasteiger charge is -2.34. The van der Waals surface area contributed by atoms with Gasteiger partial charge in [-0.1, -0.05) is 49.9 Å². The minimum Gasteiger partial charge on any atom is -0.489 e. The number of ketones is 1. The molecule has 1 spiro atoms. The van der Waals surface area contributed by atoms with E-state index in [1.165, 1.54) is 24.3 Å². The van der Waals surface area contributed by atoms with Crippen molar-refractivity contribution in [3.05, 3.63) is 117 Å². The Kier molecular flexibility index (Phi) is 13.0. The summed E-state index contributed by atoms with van der Waals surface area (Å²) in [5.74, 6) is -2.52. The van der Waals surface area contributed by atoms with Gasteiger partial charge in [0.2, 0.25) is 11.6 Å². The van der Waals surface area contributed by atoms with Crippen LogP contribution in [0.5, 0.6) is 11.5 Å². The number of amides is 1. The van der Waals surface area contributed by atoms with Crippen LogP contribution in [0.25, 0.3) is 0 Å². The number of carbonyl (C=O) groups excluding carboxylic acids is 3. The molecule has 1 saturated heterocycles. The Morgan fingerprint density at radius 3 is 1.81 bits per heavy atom. The summed E-state index contributed by atoms with van der Waals surface area (Å²) in [5, 5.41) is 26.3. The van der Waals surface area contributed by atoms with Gasteiger partial charge in [-0.25, -0.2) is 0 Å². The highest BCUT2D eigenvalue weighted by molar-refractivity contribution is 6.07. The molecule has 3 aliphatic carbocycles. The lowest BCUT2D eigenvalue weighted by molar-refractivity contribution is -0.168. The molecule has 10 rings (SSSR count). The molecule has 4 atom stereocenters. The lowest BCUT2D eigenvalue weighted by atomic mass is 9.87. The number of fused-ring (bicyclic) bond motifs is 3. The third-order valence-electron chi connectivity index (χ3n) is 14.8. The van der Waals surface area contributed by atoms with Gasteiger partial charge in [-0.2, -0.15) is 26.3 Å². The molecule has 0 aromatic heterocycles. The third-order valence-corrected chi connectivity index (χ3v) is 14.8. The number of ether oxygens (including phenoxy) is 3. The molecule has 3 saturated carbocycles. The van der Waals surface area contributed by atoms with Crippen molar-refractivity contribution in [3.63, 3.8) is 0 Å². The van der Waals surface area contributed by atoms with Crippen molar-refractivity contribution < 1.29 is 69.9 Å². The van der Waals surface area contributed by atoms with Crippen molar-refractivity contribution in [1.29, 1.82) is 0 Å². The SMILES string of the molecule is O=C(O)CC1CCC(=O)c2cc(OCc3ccc(C4CCCC4)c(C(F)(F)F)c3)ccc2NC1=O.O=C1C[C@H]2CC[C@]3(O)c4cc(OCc5ccc(C6CCCC6)c(C(F)(F)F)c5)ccc4N[C@]23O1. The average molecular weight is 963 g/mol. The van der Waals surface area contributed by atoms with Gasteiger partial charge in [-0.15, -0.1) is 0 Å². The maximum Gasteiger partial charge on any atom is 0.416 e. The summed E-state index contributed by atoms with van der Waals surface area (Å²) in [6.07, 6.45) is -0.844. The van der Waals surface area contributed by atoms with E-state index in [0.717, 1.165) is 57.4 Å². The van der Waals surface area contributed by atoms with E-state index in [1.54, 1.807) is 42.5 Å². The normalized spacial score (nSPS) is 24.4. The lowest BCUT2D eigenvalue weighted by Crippen LogP contribution is -2.51. The zero-order chi connectivity index (χ0) is 48.9. The molecule has 3 aliphatic heterocycles. The molecule has 17 heteroatoms. The maximum absolute atomic E-state index is 13.8. The highest BCUT2D eigenvalue weighted by atomic mass is 19.4. The van der Waals surface area contributed by atoms with Crippen LogP contribution in [0, 0.1) is 11.8 Å². The molecule has 0 bridgehead atoms. The largest absolute Gasteiger partial charge is 0.489 e. The summed E-state index contributed by atoms with van der Waals surface area (Å²) >= 11 is 0. The maximum atomic E-state index is 13.8. The van der Waals surface area contributed by atoms with Gasteiger partial charge >= 0.3 is 24.3 Å². The Labute approximate surface area is 393 Å². The second kappa shape index (κ2) is 18.7. The van der Waals surface area contributed by atoms with Gasteiger partial charge in [0.05, 0.1) is 29.7 Å². The molecule has 4 N–H and O–H groups in total. The molecule has 0 radical (unpaired) electrons. The Balaban J connectivity index is 0.000000172. The summed E-state index contributed by atoms with van der Waals surface area (Å²) in [4.78, 5) is 48.0. The van der Waals surface area contributed by atoms with Gasteiger partial charge in [-0.05, 0) is 128 Å². The number of rotatable bonds is 10. The smallest absolute Gasteiger partial charge is 0.416 e. The van der Waals surface area contributed by atoms with Gasteiger partial charge in [0.25, 0.3) is 0 Å². The minimum absolute atomic E-state index is 0.000604. The minimum atomic E-state index is -4.46. The molecule has 1 amide bonds. The zero-order valence-corrected chi connectivity index (χ0v) is 37.6. The monoisotopic (exact) mass is 962 g/mol. The molecule has 6 aliphatic rings. The summed E-state index contributed by atoms with van der Waals surface area (Å²) in [6, 6.07) is 18.4. The predicted molar refractivity (Wildman–Crippen MR) is 238 cm³/mol. The van der Waals surface area contributed by atoms with Crippen LogP contribution in [0.3, 0.4) is 0 Å². The number of esters is 1. The number of hydrogen-bond donors (Lipinski definition) is 4. The van der Waals surface area contributed by atoms with Gasteiger partial charge in [0.15, 0.2) is 11.4 Å². The van der Waals surface area contributed by atoms with Crippen LogP contribution < -0.4 is 20.1 Å². The molecule has 4 fully saturated rings. The summed E-state index contributed by atoms with van der Waals surface area (Å²) in [6.45, 7) is -0.143. The number of carboxylic acids is 1. The molecule has 1 unspecified atom stereocenters. The quantitative estimate of drug-likeness (QED) is 0.0890. The van der Waals surface area contributed by atoms with E-state index in [2.05, 4.69) is 10.6 Å². The van der Waals surface area contributed by atoms with E-state index in [-0.39, 0.29) is 85.4 Å². The first-order chi connectivity index (χ1) is 32.8. The van der Waals surface area contributed by atoms with E-state index < -0.39 is 52.6 Å². The number of aliphatic carboxylic acids is 1. The Bertz CT molecular complexity index is 2660. The highest BCUT2D eigenvalue weighted by Crippen LogP contribution is 2.62. The van der Waals surface area contributed by atoms with Gasteiger partial charge in [0, 0.05) is 35.1 Å². The number of carboxylic acid groups (broad SMARTS) is 1. The average Bonchev–Trinajstić information content (AvgIpc) is 4.16. The number of benzene rings is 4. The topological polar surface area (TPSA) is 160 Å². The summed E-state index contributed by atoms with van der Waals surface area (Å²) < 4.78 is 99.7. The predicted octanol–water partition coefficient (Wildman–Crippen LogP) is 11.6. The second-order valence-corrected chi connectivity index (χ2v) is 19.2. The van der Waals surface area contributed by atoms with E-state index in [4.69, 9.17) is 19.3 Å². The number of hydrogen-bond acceptors (Lipinski definition) is 9. The van der Waals surface area contributed by atoms with Crippen molar-refractivity contribution in [2.75, 3.05) is 10.6 Å². The molecule has 11 nitrogen and oxygen atoms in total. The first-order valence-corrected chi connectivity index (χ1v) is 23.5. The first-order valence-electron chi connectivity index (χ1n) is 23.5. The van der Waals surface area contributed by atoms with Crippen molar-refractivity contribution in [1.82, 2.24) is 0 Å². The standard InChI is InChI=1S/C26H26F3NO5.C26H26F3NO4/c27-26(28,29)21-11-15(5-8-19(21)16-3-1-2-4-16)14-35-18-7-9-22-20(13-18)23(31)10-6-17(12-24(32)33)25(34)30-22;27-26(28,29)20-11-15(5-7-19(20)16-3-1-2-4-16)14-33-18-6-8-22-21(13-18)24(32)10-9-17-12-23(31)34-25(17,24)30-22/h5,7-9,11,13,16-17H,1-4,6,10,12,14H2,(H,30,34)(H,32,33);5-8,11,13,16-17,30,32H,1-4,9-10,12,14H2/t;17-,24+,25+/m.1/s1. The number of Topliss-reactive ketones (excluding diaryl/α,β-unsaturated/α-hetero) is 1. The molecular weight excluding hydrogens is 911 g/mol. The fourth-order valence-electron chi connectivity index (χ4n) is 11.3. The number of carbonyl (C=O) groups is 4. The second-order valence-electron chi connectivity index (χ2n) is 19.2.